The minimum atomic E-state index is -1.01. The monoisotopic (exact) mass is 401 g/mol. The number of carbonyl (C=O) groups is 1. The molecule has 0 spiro atoms. The zero-order chi connectivity index (χ0) is 20.5. The molecule has 0 N–H and O–H groups in total. The molecule has 29 heavy (non-hydrogen) atoms. The number of nitrogens with zero attached hydrogens (tertiary/aromatic N) is 3. The molecule has 9 heteroatoms. The van der Waals surface area contributed by atoms with Crippen LogP contribution in [0.2, 0.25) is 0 Å². The Kier molecular flexibility index (Phi) is 4.87. The highest BCUT2D eigenvalue weighted by molar-refractivity contribution is 5.96. The second-order valence-corrected chi connectivity index (χ2v) is 6.56. The Hall–Kier alpha value is -3.49. The number of benzene rings is 2. The van der Waals surface area contributed by atoms with E-state index in [1.807, 2.05) is 0 Å². The third kappa shape index (κ3) is 3.63. The van der Waals surface area contributed by atoms with Crippen molar-refractivity contribution in [3.05, 3.63) is 53.9 Å². The predicted molar refractivity (Wildman–Crippen MR) is 98.9 cm³/mol. The molecule has 150 valence electrons. The van der Waals surface area contributed by atoms with Crippen LogP contribution >= 0.6 is 0 Å². The standard InChI is InChI=1S/C20H17F2N3O4/c1-27-14-5-11(6-15(9-14)28-2)19-23-20(29-24-19)12-7-18(26)25(10-12)13-3-4-16(21)17(22)8-13/h3-6,8-9,12H,7,10H2,1-2H3. The second kappa shape index (κ2) is 7.50. The number of carbonyl (C=O) groups excluding carboxylic acids is 1. The van der Waals surface area contributed by atoms with Gasteiger partial charge in [-0.05, 0) is 24.3 Å². The van der Waals surface area contributed by atoms with Gasteiger partial charge in [-0.3, -0.25) is 4.79 Å². The van der Waals surface area contributed by atoms with Crippen molar-refractivity contribution in [2.45, 2.75) is 12.3 Å². The summed E-state index contributed by atoms with van der Waals surface area (Å²) in [6.07, 6.45) is 0.127. The number of hydrogen-bond donors (Lipinski definition) is 0. The second-order valence-electron chi connectivity index (χ2n) is 6.56. The first-order valence-corrected chi connectivity index (χ1v) is 8.81. The summed E-state index contributed by atoms with van der Waals surface area (Å²) in [6, 6.07) is 8.55. The van der Waals surface area contributed by atoms with Gasteiger partial charge in [0.25, 0.3) is 0 Å². The maximum Gasteiger partial charge on any atom is 0.232 e. The molecule has 7 nitrogen and oxygen atoms in total. The van der Waals surface area contributed by atoms with E-state index in [0.29, 0.717) is 28.8 Å². The summed E-state index contributed by atoms with van der Waals surface area (Å²) in [7, 11) is 3.08. The molecule has 0 saturated carbocycles. The molecule has 0 radical (unpaired) electrons. The summed E-state index contributed by atoms with van der Waals surface area (Å²) >= 11 is 0. The molecule has 0 bridgehead atoms. The molecule has 1 atom stereocenters. The zero-order valence-corrected chi connectivity index (χ0v) is 15.7. The summed E-state index contributed by atoms with van der Waals surface area (Å²) in [5, 5.41) is 3.99. The highest BCUT2D eigenvalue weighted by atomic mass is 19.2. The molecule has 1 aliphatic rings. The van der Waals surface area contributed by atoms with Crippen molar-refractivity contribution in [1.82, 2.24) is 10.1 Å². The molecule has 2 aromatic carbocycles. The summed E-state index contributed by atoms with van der Waals surface area (Å²) in [4.78, 5) is 18.2. The summed E-state index contributed by atoms with van der Waals surface area (Å²) < 4.78 is 42.5. The lowest BCUT2D eigenvalue weighted by Gasteiger charge is -2.16. The van der Waals surface area contributed by atoms with Gasteiger partial charge in [0.05, 0.1) is 20.1 Å². The van der Waals surface area contributed by atoms with Crippen LogP contribution in [-0.2, 0) is 4.79 Å². The van der Waals surface area contributed by atoms with Gasteiger partial charge in [-0.25, -0.2) is 8.78 Å². The Morgan fingerprint density at radius 3 is 2.45 bits per heavy atom. The van der Waals surface area contributed by atoms with Gasteiger partial charge in [0.15, 0.2) is 11.6 Å². The largest absolute Gasteiger partial charge is 0.497 e. The Bertz CT molecular complexity index is 1050. The van der Waals surface area contributed by atoms with Crippen molar-refractivity contribution in [2.24, 2.45) is 0 Å². The minimum Gasteiger partial charge on any atom is -0.497 e. The fourth-order valence-corrected chi connectivity index (χ4v) is 3.23. The minimum absolute atomic E-state index is 0.127. The smallest absolute Gasteiger partial charge is 0.232 e. The molecule has 1 saturated heterocycles. The van der Waals surface area contributed by atoms with Crippen LogP contribution in [0.3, 0.4) is 0 Å². The van der Waals surface area contributed by atoms with E-state index in [2.05, 4.69) is 10.1 Å². The van der Waals surface area contributed by atoms with Crippen LogP contribution in [0.4, 0.5) is 14.5 Å². The fourth-order valence-electron chi connectivity index (χ4n) is 3.23. The van der Waals surface area contributed by atoms with Crippen LogP contribution in [-0.4, -0.2) is 36.8 Å². The molecule has 2 heterocycles. The molecule has 1 unspecified atom stereocenters. The van der Waals surface area contributed by atoms with Gasteiger partial charge in [-0.15, -0.1) is 0 Å². The molecule has 0 aliphatic carbocycles. The van der Waals surface area contributed by atoms with Crippen molar-refractivity contribution < 1.29 is 27.6 Å². The number of ether oxygens (including phenoxy) is 2. The molecule has 1 fully saturated rings. The van der Waals surface area contributed by atoms with E-state index in [-0.39, 0.29) is 30.5 Å². The number of hydrogen-bond acceptors (Lipinski definition) is 6. The summed E-state index contributed by atoms with van der Waals surface area (Å²) in [5.74, 6) is -0.792. The van der Waals surface area contributed by atoms with E-state index in [0.717, 1.165) is 12.1 Å². The van der Waals surface area contributed by atoms with Crippen molar-refractivity contribution in [3.8, 4) is 22.9 Å². The van der Waals surface area contributed by atoms with Crippen molar-refractivity contribution in [2.75, 3.05) is 25.7 Å². The fraction of sp³-hybridized carbons (Fsp3) is 0.250. The molecular formula is C20H17F2N3O4. The normalized spacial score (nSPS) is 16.3. The van der Waals surface area contributed by atoms with Gasteiger partial charge in [0.2, 0.25) is 17.6 Å². The molecule has 4 rings (SSSR count). The highest BCUT2D eigenvalue weighted by Gasteiger charge is 2.35. The Morgan fingerprint density at radius 1 is 1.07 bits per heavy atom. The summed E-state index contributed by atoms with van der Waals surface area (Å²) in [6.45, 7) is 0.229. The van der Waals surface area contributed by atoms with E-state index in [1.54, 1.807) is 18.2 Å². The molecule has 1 aliphatic heterocycles. The van der Waals surface area contributed by atoms with Gasteiger partial charge in [-0.1, -0.05) is 5.16 Å². The topological polar surface area (TPSA) is 77.7 Å². The third-order valence-corrected chi connectivity index (χ3v) is 4.74. The molecule has 3 aromatic rings. The van der Waals surface area contributed by atoms with Gasteiger partial charge in [0, 0.05) is 36.3 Å². The van der Waals surface area contributed by atoms with E-state index in [1.165, 1.54) is 25.2 Å². The number of amides is 1. The first kappa shape index (κ1) is 18.9. The quantitative estimate of drug-likeness (QED) is 0.651. The number of aromatic nitrogens is 2. The maximum absolute atomic E-state index is 13.5. The molecular weight excluding hydrogens is 384 g/mol. The van der Waals surface area contributed by atoms with Gasteiger partial charge < -0.3 is 18.9 Å². The van der Waals surface area contributed by atoms with E-state index in [4.69, 9.17) is 14.0 Å². The first-order chi connectivity index (χ1) is 14.0. The van der Waals surface area contributed by atoms with Crippen molar-refractivity contribution in [3.63, 3.8) is 0 Å². The Morgan fingerprint density at radius 2 is 1.79 bits per heavy atom. The highest BCUT2D eigenvalue weighted by Crippen LogP contribution is 2.33. The van der Waals surface area contributed by atoms with Crippen molar-refractivity contribution in [1.29, 1.82) is 0 Å². The molecule has 1 amide bonds. The number of anilines is 1. The average molecular weight is 401 g/mol. The van der Waals surface area contributed by atoms with Crippen molar-refractivity contribution >= 4 is 11.6 Å². The lowest BCUT2D eigenvalue weighted by molar-refractivity contribution is -0.117. The van der Waals surface area contributed by atoms with Crippen LogP contribution in [0.5, 0.6) is 11.5 Å². The predicted octanol–water partition coefficient (Wildman–Crippen LogP) is 3.55. The Labute approximate surface area is 164 Å². The first-order valence-electron chi connectivity index (χ1n) is 8.81. The van der Waals surface area contributed by atoms with Crippen LogP contribution in [0.25, 0.3) is 11.4 Å². The SMILES string of the molecule is COc1cc(OC)cc(-c2noc(C3CC(=O)N(c4ccc(F)c(F)c4)C3)n2)c1. The van der Waals surface area contributed by atoms with Crippen LogP contribution in [0.15, 0.2) is 40.9 Å². The van der Waals surface area contributed by atoms with Crippen LogP contribution in [0.1, 0.15) is 18.2 Å². The average Bonchev–Trinajstić information content (AvgIpc) is 3.36. The van der Waals surface area contributed by atoms with Crippen LogP contribution < -0.4 is 14.4 Å². The van der Waals surface area contributed by atoms with E-state index >= 15 is 0 Å². The van der Waals surface area contributed by atoms with E-state index < -0.39 is 11.6 Å². The van der Waals surface area contributed by atoms with Gasteiger partial charge >= 0.3 is 0 Å². The van der Waals surface area contributed by atoms with E-state index in [9.17, 15) is 13.6 Å². The summed E-state index contributed by atoms with van der Waals surface area (Å²) in [5.41, 5.74) is 0.923. The lowest BCUT2D eigenvalue weighted by Crippen LogP contribution is -2.24. The number of methoxy groups -OCH3 is 2. The van der Waals surface area contributed by atoms with Gasteiger partial charge in [0.1, 0.15) is 11.5 Å². The zero-order valence-electron chi connectivity index (χ0n) is 15.7. The molecule has 1 aromatic heterocycles. The maximum atomic E-state index is 13.5. The number of rotatable bonds is 5. The van der Waals surface area contributed by atoms with Crippen LogP contribution in [0, 0.1) is 11.6 Å². The third-order valence-electron chi connectivity index (χ3n) is 4.74. The lowest BCUT2D eigenvalue weighted by atomic mass is 10.1. The Balaban J connectivity index is 1.57. The van der Waals surface area contributed by atoms with Gasteiger partial charge in [-0.2, -0.15) is 4.98 Å². The number of halogens is 2.